The monoisotopic (exact) mass is 453 g/mol. The van der Waals surface area contributed by atoms with Gasteiger partial charge >= 0.3 is 12.1 Å². The third-order valence-corrected chi connectivity index (χ3v) is 4.98. The van der Waals surface area contributed by atoms with E-state index in [-0.39, 0.29) is 19.0 Å². The second kappa shape index (κ2) is 9.15. The molecule has 1 aliphatic heterocycles. The molecule has 0 N–H and O–H groups in total. The fourth-order valence-electron chi connectivity index (χ4n) is 3.18. The number of hydrogen-bond donors (Lipinski definition) is 0. The molecule has 1 aliphatic rings. The van der Waals surface area contributed by atoms with E-state index in [1.165, 1.54) is 17.2 Å². The number of ether oxygens (including phenoxy) is 2. The molecule has 0 aliphatic carbocycles. The minimum Gasteiger partial charge on any atom is -0.460 e. The minimum absolute atomic E-state index is 0.112. The molecule has 3 heterocycles. The van der Waals surface area contributed by atoms with E-state index in [4.69, 9.17) is 13.9 Å². The first-order chi connectivity index (χ1) is 15.9. The molecule has 0 radical (unpaired) electrons. The summed E-state index contributed by atoms with van der Waals surface area (Å²) in [6, 6.07) is 7.03. The van der Waals surface area contributed by atoms with Crippen LogP contribution < -0.4 is 4.90 Å². The van der Waals surface area contributed by atoms with Crippen LogP contribution in [0.1, 0.15) is 12.8 Å². The molecule has 1 aromatic carbocycles. The maximum Gasteiger partial charge on any atom is 0.414 e. The SMILES string of the molecule is C=N[C@@H](C)C(=O)OC[C@H]1CN(c2ccc(-c3ccc(-c4nnc(C)o4)nc3)c(F)c2)C(=O)O1. The lowest BCUT2D eigenvalue weighted by atomic mass is 10.1. The number of halogens is 1. The lowest BCUT2D eigenvalue weighted by Gasteiger charge is -2.14. The molecule has 3 aromatic rings. The van der Waals surface area contributed by atoms with Gasteiger partial charge in [0.2, 0.25) is 5.89 Å². The number of benzene rings is 1. The number of rotatable bonds is 7. The number of aryl methyl sites for hydroxylation is 1. The van der Waals surface area contributed by atoms with Crippen LogP contribution in [0.3, 0.4) is 0 Å². The lowest BCUT2D eigenvalue weighted by molar-refractivity contribution is -0.147. The third-order valence-electron chi connectivity index (χ3n) is 4.98. The number of carbonyl (C=O) groups is 2. The summed E-state index contributed by atoms with van der Waals surface area (Å²) in [6.07, 6.45) is 0.172. The number of cyclic esters (lactones) is 1. The van der Waals surface area contributed by atoms with Gasteiger partial charge in [-0.05, 0) is 37.9 Å². The zero-order valence-corrected chi connectivity index (χ0v) is 17.9. The second-order valence-electron chi connectivity index (χ2n) is 7.33. The highest BCUT2D eigenvalue weighted by Crippen LogP contribution is 2.29. The van der Waals surface area contributed by atoms with Crippen LogP contribution in [0, 0.1) is 12.7 Å². The Kier molecular flexibility index (Phi) is 6.11. The number of aliphatic imine (C=N–C) groups is 1. The van der Waals surface area contributed by atoms with Crippen molar-refractivity contribution in [2.24, 2.45) is 4.99 Å². The minimum atomic E-state index is -0.709. The van der Waals surface area contributed by atoms with Crippen LogP contribution in [0.2, 0.25) is 0 Å². The Hall–Kier alpha value is -4.15. The number of aromatic nitrogens is 3. The van der Waals surface area contributed by atoms with Gasteiger partial charge in [-0.15, -0.1) is 10.2 Å². The van der Waals surface area contributed by atoms with Crippen LogP contribution in [-0.2, 0) is 14.3 Å². The number of carbonyl (C=O) groups excluding carboxylic acids is 2. The lowest BCUT2D eigenvalue weighted by Crippen LogP contribution is -2.28. The first kappa shape index (κ1) is 22.1. The first-order valence-electron chi connectivity index (χ1n) is 10.0. The van der Waals surface area contributed by atoms with Crippen molar-refractivity contribution in [1.82, 2.24) is 15.2 Å². The average molecular weight is 453 g/mol. The van der Waals surface area contributed by atoms with E-state index in [1.807, 2.05) is 0 Å². The van der Waals surface area contributed by atoms with E-state index in [0.29, 0.717) is 28.4 Å². The summed E-state index contributed by atoms with van der Waals surface area (Å²) in [5.41, 5.74) is 1.64. The Morgan fingerprint density at radius 3 is 2.82 bits per heavy atom. The van der Waals surface area contributed by atoms with Crippen molar-refractivity contribution in [1.29, 1.82) is 0 Å². The number of esters is 1. The third kappa shape index (κ3) is 4.71. The summed E-state index contributed by atoms with van der Waals surface area (Å²) >= 11 is 0. The zero-order chi connectivity index (χ0) is 23.5. The van der Waals surface area contributed by atoms with Crippen molar-refractivity contribution in [3.05, 3.63) is 48.2 Å². The van der Waals surface area contributed by atoms with Gasteiger partial charge in [0.25, 0.3) is 5.89 Å². The van der Waals surface area contributed by atoms with Gasteiger partial charge in [-0.1, -0.05) is 6.07 Å². The quantitative estimate of drug-likeness (QED) is 0.395. The van der Waals surface area contributed by atoms with Crippen molar-refractivity contribution in [2.75, 3.05) is 18.1 Å². The van der Waals surface area contributed by atoms with Gasteiger partial charge in [0.15, 0.2) is 6.10 Å². The van der Waals surface area contributed by atoms with E-state index in [9.17, 15) is 14.0 Å². The van der Waals surface area contributed by atoms with Crippen LogP contribution >= 0.6 is 0 Å². The van der Waals surface area contributed by atoms with E-state index in [2.05, 4.69) is 26.9 Å². The largest absolute Gasteiger partial charge is 0.460 e. The Morgan fingerprint density at radius 1 is 1.36 bits per heavy atom. The molecule has 0 saturated carbocycles. The molecule has 1 fully saturated rings. The molecule has 0 bridgehead atoms. The number of nitrogens with zero attached hydrogens (tertiary/aromatic N) is 5. The number of anilines is 1. The molecule has 10 nitrogen and oxygen atoms in total. The molecule has 11 heteroatoms. The molecule has 0 spiro atoms. The smallest absolute Gasteiger partial charge is 0.414 e. The topological polar surface area (TPSA) is 120 Å². The van der Waals surface area contributed by atoms with Crippen molar-refractivity contribution in [3.8, 4) is 22.7 Å². The maximum absolute atomic E-state index is 14.9. The Bertz CT molecular complexity index is 1200. The highest BCUT2D eigenvalue weighted by molar-refractivity contribution is 5.90. The summed E-state index contributed by atoms with van der Waals surface area (Å²) < 4.78 is 30.5. The highest BCUT2D eigenvalue weighted by atomic mass is 19.1. The second-order valence-corrected chi connectivity index (χ2v) is 7.33. The number of hydrogen-bond acceptors (Lipinski definition) is 9. The predicted molar refractivity (Wildman–Crippen MR) is 115 cm³/mol. The summed E-state index contributed by atoms with van der Waals surface area (Å²) in [7, 11) is 0. The van der Waals surface area contributed by atoms with Gasteiger partial charge in [-0.3, -0.25) is 14.9 Å². The standard InChI is InChI=1S/C22H20FN5O5/c1-12(24-3)21(29)31-11-16-10-28(22(30)33-16)15-5-6-17(18(23)8-15)14-4-7-19(25-9-14)20-27-26-13(2)32-20/h4-9,12,16H,3,10-11H2,1-2H3/t12-,16+/m0/s1. The molecule has 33 heavy (non-hydrogen) atoms. The van der Waals surface area contributed by atoms with Crippen molar-refractivity contribution >= 4 is 24.5 Å². The van der Waals surface area contributed by atoms with Gasteiger partial charge in [0, 0.05) is 24.2 Å². The molecule has 0 unspecified atom stereocenters. The van der Waals surface area contributed by atoms with Crippen LogP contribution in [0.4, 0.5) is 14.9 Å². The fraction of sp³-hybridized carbons (Fsp3) is 0.273. The molecular weight excluding hydrogens is 433 g/mol. The highest BCUT2D eigenvalue weighted by Gasteiger charge is 2.34. The zero-order valence-electron chi connectivity index (χ0n) is 17.9. The van der Waals surface area contributed by atoms with E-state index >= 15 is 0 Å². The number of amides is 1. The van der Waals surface area contributed by atoms with Crippen LogP contribution in [0.15, 0.2) is 45.9 Å². The Morgan fingerprint density at radius 2 is 2.18 bits per heavy atom. The maximum atomic E-state index is 14.9. The van der Waals surface area contributed by atoms with E-state index in [0.717, 1.165) is 0 Å². The van der Waals surface area contributed by atoms with Gasteiger partial charge in [-0.2, -0.15) is 0 Å². The Labute approximate surface area is 188 Å². The Balaban J connectivity index is 1.44. The molecule has 170 valence electrons. The summed E-state index contributed by atoms with van der Waals surface area (Å²) in [5.74, 6) is -0.410. The van der Waals surface area contributed by atoms with Crippen LogP contribution in [-0.4, -0.2) is 59.3 Å². The molecule has 2 atom stereocenters. The first-order valence-corrected chi connectivity index (χ1v) is 10.0. The number of pyridine rings is 1. The fourth-order valence-corrected chi connectivity index (χ4v) is 3.18. The molecule has 2 aromatic heterocycles. The van der Waals surface area contributed by atoms with Gasteiger partial charge < -0.3 is 13.9 Å². The summed E-state index contributed by atoms with van der Waals surface area (Å²) in [5, 5.41) is 7.66. The van der Waals surface area contributed by atoms with Gasteiger partial charge in [0.1, 0.15) is 24.2 Å². The van der Waals surface area contributed by atoms with Crippen LogP contribution in [0.5, 0.6) is 0 Å². The molecule has 1 amide bonds. The van der Waals surface area contributed by atoms with E-state index in [1.54, 1.807) is 38.1 Å². The van der Waals surface area contributed by atoms with Crippen molar-refractivity contribution in [2.45, 2.75) is 26.0 Å². The average Bonchev–Trinajstić information content (AvgIpc) is 3.42. The van der Waals surface area contributed by atoms with Crippen molar-refractivity contribution in [3.63, 3.8) is 0 Å². The summed E-state index contributed by atoms with van der Waals surface area (Å²) in [4.78, 5) is 33.1. The predicted octanol–water partition coefficient (Wildman–Crippen LogP) is 3.20. The van der Waals surface area contributed by atoms with Crippen molar-refractivity contribution < 1.29 is 27.9 Å². The van der Waals surface area contributed by atoms with Gasteiger partial charge in [-0.25, -0.2) is 14.0 Å². The van der Waals surface area contributed by atoms with E-state index < -0.39 is 30.0 Å². The summed E-state index contributed by atoms with van der Waals surface area (Å²) in [6.45, 7) is 6.49. The molecule has 4 rings (SSSR count). The molecule has 1 saturated heterocycles. The van der Waals surface area contributed by atoms with Gasteiger partial charge in [0.05, 0.1) is 12.2 Å². The normalized spacial score (nSPS) is 16.4. The molecular formula is C22H20FN5O5. The van der Waals surface area contributed by atoms with Crippen LogP contribution in [0.25, 0.3) is 22.7 Å².